The van der Waals surface area contributed by atoms with E-state index in [-0.39, 0.29) is 6.03 Å². The fraction of sp³-hybridized carbons (Fsp3) is 0.462. The van der Waals surface area contributed by atoms with Crippen LogP contribution >= 0.6 is 22.7 Å². The van der Waals surface area contributed by atoms with E-state index in [2.05, 4.69) is 26.1 Å². The van der Waals surface area contributed by atoms with E-state index in [1.54, 1.807) is 11.3 Å². The number of urea groups is 1. The lowest BCUT2D eigenvalue weighted by atomic mass is 9.98. The van der Waals surface area contributed by atoms with E-state index in [0.29, 0.717) is 17.6 Å². The highest BCUT2D eigenvalue weighted by molar-refractivity contribution is 7.23. The molecule has 2 aromatic heterocycles. The van der Waals surface area contributed by atoms with Gasteiger partial charge in [0.2, 0.25) is 5.13 Å². The largest absolute Gasteiger partial charge is 0.338 e. The molecule has 0 unspecified atom stereocenters. The maximum absolute atomic E-state index is 11.9. The summed E-state index contributed by atoms with van der Waals surface area (Å²) in [6.07, 6.45) is 2.23. The number of carbonyl (C=O) groups is 1. The van der Waals surface area contributed by atoms with E-state index in [1.807, 2.05) is 17.5 Å². The molecule has 0 atom stereocenters. The Labute approximate surface area is 131 Å². The van der Waals surface area contributed by atoms with Crippen molar-refractivity contribution < 1.29 is 4.79 Å². The first-order valence-corrected chi connectivity index (χ1v) is 8.64. The maximum Gasteiger partial charge on any atom is 0.321 e. The molecule has 0 aliphatic carbocycles. The highest BCUT2D eigenvalue weighted by Crippen LogP contribution is 2.29. The van der Waals surface area contributed by atoms with Gasteiger partial charge in [-0.05, 0) is 43.3 Å². The van der Waals surface area contributed by atoms with Crippen LogP contribution in [0.5, 0.6) is 0 Å². The minimum absolute atomic E-state index is 0.206. The van der Waals surface area contributed by atoms with Gasteiger partial charge in [0, 0.05) is 6.54 Å². The topological polar surface area (TPSA) is 78.9 Å². The number of amides is 2. The molecule has 112 valence electrons. The first-order chi connectivity index (χ1) is 10.3. The molecular formula is C13H17N5OS2. The van der Waals surface area contributed by atoms with Crippen molar-refractivity contribution in [3.8, 4) is 9.88 Å². The Bertz CT molecular complexity index is 577. The molecule has 1 aliphatic heterocycles. The van der Waals surface area contributed by atoms with Crippen molar-refractivity contribution in [2.24, 2.45) is 5.92 Å². The Kier molecular flexibility index (Phi) is 4.79. The molecule has 0 saturated carbocycles. The monoisotopic (exact) mass is 323 g/mol. The molecule has 8 heteroatoms. The summed E-state index contributed by atoms with van der Waals surface area (Å²) in [5.74, 6) is 0.563. The zero-order valence-electron chi connectivity index (χ0n) is 11.5. The van der Waals surface area contributed by atoms with Crippen molar-refractivity contribution in [3.05, 3.63) is 17.5 Å². The number of carbonyl (C=O) groups excluding carboxylic acids is 1. The molecular weight excluding hydrogens is 306 g/mol. The molecule has 3 N–H and O–H groups in total. The number of nitrogens with zero attached hydrogens (tertiary/aromatic N) is 2. The second-order valence-electron chi connectivity index (χ2n) is 4.92. The second kappa shape index (κ2) is 6.97. The maximum atomic E-state index is 11.9. The molecule has 0 radical (unpaired) electrons. The van der Waals surface area contributed by atoms with Gasteiger partial charge in [-0.3, -0.25) is 5.32 Å². The number of aromatic nitrogens is 2. The standard InChI is InChI=1S/C13H17N5OS2/c19-12(15-8-9-3-5-14-6-4-9)16-13-18-17-11(21-13)10-2-1-7-20-10/h1-2,7,9,14H,3-6,8H2,(H2,15,16,18,19). The molecule has 1 fully saturated rings. The lowest BCUT2D eigenvalue weighted by Crippen LogP contribution is -2.37. The second-order valence-corrected chi connectivity index (χ2v) is 6.84. The van der Waals surface area contributed by atoms with Crippen molar-refractivity contribution in [3.63, 3.8) is 0 Å². The van der Waals surface area contributed by atoms with E-state index < -0.39 is 0 Å². The van der Waals surface area contributed by atoms with Crippen LogP contribution in [0.4, 0.5) is 9.93 Å². The summed E-state index contributed by atoms with van der Waals surface area (Å²) >= 11 is 3.00. The number of thiophene rings is 1. The molecule has 2 aromatic rings. The third-order valence-corrected chi connectivity index (χ3v) is 5.27. The Morgan fingerprint density at radius 3 is 3.00 bits per heavy atom. The third kappa shape index (κ3) is 3.99. The van der Waals surface area contributed by atoms with Gasteiger partial charge in [-0.2, -0.15) is 0 Å². The lowest BCUT2D eigenvalue weighted by molar-refractivity contribution is 0.248. The van der Waals surface area contributed by atoms with Crippen LogP contribution in [-0.2, 0) is 0 Å². The normalized spacial score (nSPS) is 15.8. The van der Waals surface area contributed by atoms with Crippen molar-refractivity contribution in [2.45, 2.75) is 12.8 Å². The number of rotatable bonds is 4. The first-order valence-electron chi connectivity index (χ1n) is 6.94. The van der Waals surface area contributed by atoms with Crippen LogP contribution in [0.2, 0.25) is 0 Å². The van der Waals surface area contributed by atoms with Gasteiger partial charge in [0.25, 0.3) is 0 Å². The van der Waals surface area contributed by atoms with Crippen molar-refractivity contribution in [2.75, 3.05) is 25.0 Å². The molecule has 0 spiro atoms. The van der Waals surface area contributed by atoms with E-state index in [0.717, 1.165) is 35.8 Å². The number of piperidine rings is 1. The fourth-order valence-electron chi connectivity index (χ4n) is 2.24. The van der Waals surface area contributed by atoms with Crippen molar-refractivity contribution in [1.29, 1.82) is 0 Å². The van der Waals surface area contributed by atoms with Gasteiger partial charge < -0.3 is 10.6 Å². The fourth-order valence-corrected chi connectivity index (χ4v) is 3.77. The molecule has 1 saturated heterocycles. The Morgan fingerprint density at radius 2 is 2.24 bits per heavy atom. The van der Waals surface area contributed by atoms with E-state index >= 15 is 0 Å². The zero-order valence-corrected chi connectivity index (χ0v) is 13.1. The van der Waals surface area contributed by atoms with Crippen LogP contribution in [-0.4, -0.2) is 35.9 Å². The third-order valence-electron chi connectivity index (χ3n) is 3.39. The Balaban J connectivity index is 1.48. The van der Waals surface area contributed by atoms with Gasteiger partial charge in [0.05, 0.1) is 4.88 Å². The molecule has 3 rings (SSSR count). The molecule has 21 heavy (non-hydrogen) atoms. The summed E-state index contributed by atoms with van der Waals surface area (Å²) in [4.78, 5) is 12.9. The van der Waals surface area contributed by atoms with Crippen molar-refractivity contribution in [1.82, 2.24) is 20.8 Å². The first kappa shape index (κ1) is 14.4. The smallest absolute Gasteiger partial charge is 0.321 e. The van der Waals surface area contributed by atoms with Gasteiger partial charge in [-0.25, -0.2) is 4.79 Å². The summed E-state index contributed by atoms with van der Waals surface area (Å²) in [5.41, 5.74) is 0. The number of hydrogen-bond acceptors (Lipinski definition) is 6. The highest BCUT2D eigenvalue weighted by Gasteiger charge is 2.15. The zero-order chi connectivity index (χ0) is 14.5. The quantitative estimate of drug-likeness (QED) is 0.807. The van der Waals surface area contributed by atoms with Gasteiger partial charge in [-0.1, -0.05) is 17.4 Å². The average Bonchev–Trinajstić information content (AvgIpc) is 3.17. The van der Waals surface area contributed by atoms with Gasteiger partial charge in [0.15, 0.2) is 5.01 Å². The molecule has 3 heterocycles. The number of hydrogen-bond donors (Lipinski definition) is 3. The van der Waals surface area contributed by atoms with E-state index in [9.17, 15) is 4.79 Å². The molecule has 0 aromatic carbocycles. The van der Waals surface area contributed by atoms with Crippen LogP contribution in [0.25, 0.3) is 9.88 Å². The van der Waals surface area contributed by atoms with Crippen LogP contribution in [0, 0.1) is 5.92 Å². The summed E-state index contributed by atoms with van der Waals surface area (Å²) in [6, 6.07) is 3.76. The van der Waals surface area contributed by atoms with Crippen LogP contribution in [0.15, 0.2) is 17.5 Å². The van der Waals surface area contributed by atoms with Gasteiger partial charge in [0.1, 0.15) is 0 Å². The van der Waals surface area contributed by atoms with Crippen LogP contribution in [0.1, 0.15) is 12.8 Å². The van der Waals surface area contributed by atoms with Gasteiger partial charge in [-0.15, -0.1) is 21.5 Å². The summed E-state index contributed by atoms with van der Waals surface area (Å²) < 4.78 is 0. The molecule has 6 nitrogen and oxygen atoms in total. The highest BCUT2D eigenvalue weighted by atomic mass is 32.1. The minimum atomic E-state index is -0.206. The molecule has 0 bridgehead atoms. The Hall–Kier alpha value is -1.51. The predicted octanol–water partition coefficient (Wildman–Crippen LogP) is 2.39. The summed E-state index contributed by atoms with van der Waals surface area (Å²) in [6.45, 7) is 2.78. The number of nitrogens with one attached hydrogen (secondary N) is 3. The minimum Gasteiger partial charge on any atom is -0.338 e. The molecule has 2 amide bonds. The van der Waals surface area contributed by atoms with Crippen molar-refractivity contribution >= 4 is 33.8 Å². The summed E-state index contributed by atoms with van der Waals surface area (Å²) in [7, 11) is 0. The molecule has 1 aliphatic rings. The average molecular weight is 323 g/mol. The van der Waals surface area contributed by atoms with Gasteiger partial charge >= 0.3 is 6.03 Å². The predicted molar refractivity (Wildman–Crippen MR) is 85.8 cm³/mol. The lowest BCUT2D eigenvalue weighted by Gasteiger charge is -2.22. The Morgan fingerprint density at radius 1 is 1.38 bits per heavy atom. The van der Waals surface area contributed by atoms with Crippen LogP contribution < -0.4 is 16.0 Å². The van der Waals surface area contributed by atoms with Crippen LogP contribution in [0.3, 0.4) is 0 Å². The summed E-state index contributed by atoms with van der Waals surface area (Å²) in [5, 5.41) is 20.4. The number of anilines is 1. The van der Waals surface area contributed by atoms with E-state index in [1.165, 1.54) is 11.3 Å². The van der Waals surface area contributed by atoms with E-state index in [4.69, 9.17) is 0 Å². The SMILES string of the molecule is O=C(NCC1CCNCC1)Nc1nnc(-c2cccs2)s1.